The van der Waals surface area contributed by atoms with E-state index in [1.54, 1.807) is 42.5 Å². The van der Waals surface area contributed by atoms with Crippen LogP contribution in [0.25, 0.3) is 0 Å². The lowest BCUT2D eigenvalue weighted by atomic mass is 9.93. The molecule has 1 fully saturated rings. The van der Waals surface area contributed by atoms with Crippen molar-refractivity contribution < 1.29 is 18.4 Å². The van der Waals surface area contributed by atoms with E-state index in [1.807, 2.05) is 20.8 Å². The predicted molar refractivity (Wildman–Crippen MR) is 146 cm³/mol. The Kier molecular flexibility index (Phi) is 8.66. The Balaban J connectivity index is 1.26. The number of aromatic nitrogens is 1. The van der Waals surface area contributed by atoms with Crippen molar-refractivity contribution in [2.45, 2.75) is 26.2 Å². The summed E-state index contributed by atoms with van der Waals surface area (Å²) in [5.41, 5.74) is 1.36. The van der Waals surface area contributed by atoms with Gasteiger partial charge in [0.15, 0.2) is 5.82 Å². The van der Waals surface area contributed by atoms with Gasteiger partial charge in [-0.15, -0.1) is 0 Å². The zero-order chi connectivity index (χ0) is 27.1. The fraction of sp³-hybridized carbons (Fsp3) is 0.379. The van der Waals surface area contributed by atoms with Gasteiger partial charge in [-0.05, 0) is 43.4 Å². The van der Waals surface area contributed by atoms with Gasteiger partial charge in [-0.1, -0.05) is 37.8 Å². The van der Waals surface area contributed by atoms with Crippen LogP contribution in [0.15, 0.2) is 53.1 Å². The molecule has 0 bridgehead atoms. The third-order valence-electron chi connectivity index (χ3n) is 6.19. The summed E-state index contributed by atoms with van der Waals surface area (Å²) >= 11 is 0. The van der Waals surface area contributed by atoms with Gasteiger partial charge in [0, 0.05) is 61.5 Å². The first kappa shape index (κ1) is 27.2. The third kappa shape index (κ3) is 7.81. The largest absolute Gasteiger partial charge is 0.492 e. The van der Waals surface area contributed by atoms with Crippen molar-refractivity contribution in [3.05, 3.63) is 71.2 Å². The van der Waals surface area contributed by atoms with E-state index in [1.165, 1.54) is 6.07 Å². The Labute approximate surface area is 223 Å². The lowest BCUT2D eigenvalue weighted by molar-refractivity contribution is 0.133. The number of nitrogens with one attached hydrogen (secondary N) is 2. The number of halogens is 1. The number of amides is 2. The number of carbonyl (C=O) groups excluding carboxylic acids is 1. The van der Waals surface area contributed by atoms with Crippen LogP contribution in [-0.4, -0.2) is 67.4 Å². The van der Waals surface area contributed by atoms with Crippen molar-refractivity contribution in [3.8, 4) is 17.6 Å². The molecule has 1 aliphatic heterocycles. The van der Waals surface area contributed by atoms with Gasteiger partial charge in [0.05, 0.1) is 5.56 Å². The van der Waals surface area contributed by atoms with Crippen molar-refractivity contribution in [2.24, 2.45) is 0 Å². The quantitative estimate of drug-likeness (QED) is 0.456. The topological polar surface area (TPSA) is 82.9 Å². The molecule has 0 unspecified atom stereocenters. The van der Waals surface area contributed by atoms with Crippen LogP contribution in [0, 0.1) is 17.7 Å². The molecule has 9 heteroatoms. The Morgan fingerprint density at radius 3 is 2.45 bits per heavy atom. The average molecular weight is 520 g/mol. The molecule has 8 nitrogen and oxygen atoms in total. The van der Waals surface area contributed by atoms with Crippen LogP contribution in [0.4, 0.5) is 20.7 Å². The Morgan fingerprint density at radius 1 is 1.05 bits per heavy atom. The van der Waals surface area contributed by atoms with E-state index in [0.717, 1.165) is 32.7 Å². The van der Waals surface area contributed by atoms with Gasteiger partial charge >= 0.3 is 6.03 Å². The van der Waals surface area contributed by atoms with Crippen molar-refractivity contribution in [3.63, 3.8) is 0 Å². The molecule has 2 N–H and O–H groups in total. The van der Waals surface area contributed by atoms with Gasteiger partial charge in [0.1, 0.15) is 23.9 Å². The molecule has 2 heterocycles. The third-order valence-corrected chi connectivity index (χ3v) is 6.19. The number of hydrogen-bond acceptors (Lipinski definition) is 6. The highest BCUT2D eigenvalue weighted by molar-refractivity contribution is 5.99. The molecule has 1 aromatic heterocycles. The number of anilines is 2. The van der Waals surface area contributed by atoms with Gasteiger partial charge in [-0.25, -0.2) is 9.18 Å². The summed E-state index contributed by atoms with van der Waals surface area (Å²) in [7, 11) is 2.12. The Hall–Kier alpha value is -3.87. The normalized spacial score (nSPS) is 14.4. The van der Waals surface area contributed by atoms with E-state index >= 15 is 0 Å². The second-order valence-electron chi connectivity index (χ2n) is 10.4. The smallest absolute Gasteiger partial charge is 0.324 e. The number of urea groups is 1. The number of benzene rings is 2. The first-order chi connectivity index (χ1) is 18.2. The van der Waals surface area contributed by atoms with E-state index in [0.29, 0.717) is 40.7 Å². The maximum atomic E-state index is 14.6. The number of rotatable bonds is 6. The van der Waals surface area contributed by atoms with Gasteiger partial charge in [0.2, 0.25) is 0 Å². The minimum Gasteiger partial charge on any atom is -0.492 e. The minimum absolute atomic E-state index is 0.205. The van der Waals surface area contributed by atoms with Crippen molar-refractivity contribution in [1.82, 2.24) is 15.0 Å². The maximum Gasteiger partial charge on any atom is 0.324 e. The minimum atomic E-state index is -0.439. The lowest BCUT2D eigenvalue weighted by Crippen LogP contribution is -2.45. The van der Waals surface area contributed by atoms with Gasteiger partial charge in [0.25, 0.3) is 0 Å². The van der Waals surface area contributed by atoms with Gasteiger partial charge < -0.3 is 19.5 Å². The van der Waals surface area contributed by atoms with E-state index in [4.69, 9.17) is 9.26 Å². The second-order valence-corrected chi connectivity index (χ2v) is 10.4. The molecule has 0 aliphatic carbocycles. The molecule has 0 radical (unpaired) electrons. The zero-order valence-corrected chi connectivity index (χ0v) is 22.3. The van der Waals surface area contributed by atoms with Crippen LogP contribution in [0.5, 0.6) is 5.75 Å². The zero-order valence-electron chi connectivity index (χ0n) is 22.3. The summed E-state index contributed by atoms with van der Waals surface area (Å²) in [6, 6.07) is 13.0. The summed E-state index contributed by atoms with van der Waals surface area (Å²) < 4.78 is 25.6. The Bertz CT molecular complexity index is 1300. The van der Waals surface area contributed by atoms with Crippen LogP contribution in [0.2, 0.25) is 0 Å². The molecule has 2 amide bonds. The van der Waals surface area contributed by atoms with Crippen molar-refractivity contribution >= 4 is 17.5 Å². The van der Waals surface area contributed by atoms with E-state index in [2.05, 4.69) is 44.5 Å². The standard InChI is InChI=1S/C29H34FN5O3/c1-29(2,3)26-20-27(33-38-26)32-28(36)31-23-10-6-21(7-11-23)5-8-22-9-12-24(19-25(22)30)37-18-17-35-15-13-34(4)14-16-35/h6-7,9-12,19-20H,13-18H2,1-4H3,(H2,31,32,33,36). The molecular formula is C29H34FN5O3. The number of ether oxygens (including phenoxy) is 1. The first-order valence-corrected chi connectivity index (χ1v) is 12.7. The average Bonchev–Trinajstić information content (AvgIpc) is 3.35. The molecule has 3 aromatic rings. The SMILES string of the molecule is CN1CCN(CCOc2ccc(C#Cc3ccc(NC(=O)Nc4cc(C(C)(C)C)on4)cc3)c(F)c2)CC1. The molecule has 1 aliphatic rings. The van der Waals surface area contributed by atoms with Crippen molar-refractivity contribution in [2.75, 3.05) is 57.0 Å². The van der Waals surface area contributed by atoms with E-state index in [9.17, 15) is 9.18 Å². The fourth-order valence-electron chi connectivity index (χ4n) is 3.79. The molecule has 4 rings (SSSR count). The molecule has 0 atom stereocenters. The van der Waals surface area contributed by atoms with E-state index < -0.39 is 11.8 Å². The van der Waals surface area contributed by atoms with Crippen LogP contribution in [-0.2, 0) is 5.41 Å². The number of hydrogen-bond donors (Lipinski definition) is 2. The van der Waals surface area contributed by atoms with Crippen LogP contribution in [0.3, 0.4) is 0 Å². The van der Waals surface area contributed by atoms with Crippen molar-refractivity contribution in [1.29, 1.82) is 0 Å². The highest BCUT2D eigenvalue weighted by atomic mass is 19.1. The first-order valence-electron chi connectivity index (χ1n) is 12.7. The lowest BCUT2D eigenvalue weighted by Gasteiger charge is -2.32. The van der Waals surface area contributed by atoms with E-state index in [-0.39, 0.29) is 5.41 Å². The number of likely N-dealkylation sites (N-methyl/N-ethyl adjacent to an activating group) is 1. The molecular weight excluding hydrogens is 485 g/mol. The molecule has 0 saturated carbocycles. The highest BCUT2D eigenvalue weighted by Crippen LogP contribution is 2.24. The summed E-state index contributed by atoms with van der Waals surface area (Å²) in [6.07, 6.45) is 0. The fourth-order valence-corrected chi connectivity index (χ4v) is 3.79. The molecule has 38 heavy (non-hydrogen) atoms. The highest BCUT2D eigenvalue weighted by Gasteiger charge is 2.20. The summed E-state index contributed by atoms with van der Waals surface area (Å²) in [6.45, 7) is 11.5. The number of nitrogens with zero attached hydrogens (tertiary/aromatic N) is 3. The molecule has 1 saturated heterocycles. The predicted octanol–water partition coefficient (Wildman–Crippen LogP) is 4.78. The Morgan fingerprint density at radius 2 is 1.79 bits per heavy atom. The molecule has 2 aromatic carbocycles. The summed E-state index contributed by atoms with van der Waals surface area (Å²) in [4.78, 5) is 16.9. The van der Waals surface area contributed by atoms with Gasteiger partial charge in [-0.3, -0.25) is 10.2 Å². The van der Waals surface area contributed by atoms with Crippen LogP contribution < -0.4 is 15.4 Å². The van der Waals surface area contributed by atoms with Gasteiger partial charge in [-0.2, -0.15) is 0 Å². The summed E-state index contributed by atoms with van der Waals surface area (Å²) in [5, 5.41) is 9.26. The summed E-state index contributed by atoms with van der Waals surface area (Å²) in [5.74, 6) is 6.91. The van der Waals surface area contributed by atoms with Crippen LogP contribution in [0.1, 0.15) is 37.7 Å². The van der Waals surface area contributed by atoms with Crippen LogP contribution >= 0.6 is 0 Å². The second kappa shape index (κ2) is 12.1. The number of piperazine rings is 1. The number of carbonyl (C=O) groups is 1. The molecule has 200 valence electrons. The molecule has 0 spiro atoms. The monoisotopic (exact) mass is 519 g/mol. The maximum absolute atomic E-state index is 14.6.